The molecule has 0 N–H and O–H groups in total. The Kier molecular flexibility index (Phi) is 9.58. The van der Waals surface area contributed by atoms with E-state index in [9.17, 15) is 4.79 Å². The average molecular weight is 569 g/mol. The Morgan fingerprint density at radius 1 is 0.951 bits per heavy atom. The lowest BCUT2D eigenvalue weighted by molar-refractivity contribution is -0.213. The zero-order valence-corrected chi connectivity index (χ0v) is 25.5. The number of benzene rings is 1. The van der Waals surface area contributed by atoms with Crippen LogP contribution in [-0.2, 0) is 30.2 Å². The van der Waals surface area contributed by atoms with Crippen LogP contribution in [0.25, 0.3) is 0 Å². The van der Waals surface area contributed by atoms with Gasteiger partial charge in [-0.3, -0.25) is 4.79 Å². The Labute approximate surface area is 247 Å². The minimum atomic E-state index is -0.175. The third-order valence-electron chi connectivity index (χ3n) is 11.2. The van der Waals surface area contributed by atoms with Crippen molar-refractivity contribution in [2.75, 3.05) is 19.8 Å². The topological polar surface area (TPSA) is 63.2 Å². The summed E-state index contributed by atoms with van der Waals surface area (Å²) >= 11 is 0. The summed E-state index contributed by atoms with van der Waals surface area (Å²) in [4.78, 5) is 11.2. The molecule has 8 atom stereocenters. The Balaban J connectivity index is 1.19. The second-order valence-electron chi connectivity index (χ2n) is 13.8. The van der Waals surface area contributed by atoms with Crippen LogP contribution in [0.2, 0.25) is 0 Å². The minimum absolute atomic E-state index is 0.00582. The third kappa shape index (κ3) is 6.65. The first-order valence-electron chi connectivity index (χ1n) is 16.8. The molecule has 6 nitrogen and oxygen atoms in total. The van der Waals surface area contributed by atoms with Crippen molar-refractivity contribution in [2.45, 2.75) is 135 Å². The Bertz CT molecular complexity index is 1010. The van der Waals surface area contributed by atoms with E-state index in [1.54, 1.807) is 5.56 Å². The van der Waals surface area contributed by atoms with Crippen molar-refractivity contribution in [3.05, 3.63) is 29.3 Å². The number of fused-ring (bicyclic) bond motifs is 5. The standard InChI is InChI=1S/C35H52O6/c1-24(36)37-19-7-3-4-10-25-22-26-23-27(40-32-11-5-8-20-38-32)13-14-28(26)29-17-18-35(2)30(34(25)29)15-16-31(35)41-33-12-6-9-21-39-33/h13-14,23,25,29-34H,3-12,15-22H2,1-2H3/t25-,29-,30+,31+,32?,33?,34-,35+/m1/s1. The normalized spacial score (nSPS) is 36.6. The summed E-state index contributed by atoms with van der Waals surface area (Å²) in [6.45, 7) is 6.23. The molecule has 5 aliphatic rings. The molecule has 2 unspecified atom stereocenters. The predicted octanol–water partition coefficient (Wildman–Crippen LogP) is 7.71. The van der Waals surface area contributed by atoms with Crippen LogP contribution >= 0.6 is 0 Å². The SMILES string of the molecule is CC(=O)OCCCCC[C@@H]1Cc2cc(OC3CCCCO3)ccc2[C@H]2CC[C@]3(C)[C@@H](OC4CCCCO4)CC[C@H]3[C@H]12. The molecule has 0 radical (unpaired) electrons. The van der Waals surface area contributed by atoms with Gasteiger partial charge in [-0.05, 0) is 129 Å². The van der Waals surface area contributed by atoms with Crippen LogP contribution in [0.15, 0.2) is 18.2 Å². The van der Waals surface area contributed by atoms with Crippen molar-refractivity contribution in [1.29, 1.82) is 0 Å². The van der Waals surface area contributed by atoms with E-state index < -0.39 is 0 Å². The summed E-state index contributed by atoms with van der Waals surface area (Å²) in [5.41, 5.74) is 3.29. The molecule has 2 heterocycles. The number of hydrogen-bond donors (Lipinski definition) is 0. The zero-order chi connectivity index (χ0) is 28.2. The molecule has 6 rings (SSSR count). The summed E-state index contributed by atoms with van der Waals surface area (Å²) in [6, 6.07) is 6.94. The van der Waals surface area contributed by atoms with Crippen LogP contribution in [0.1, 0.15) is 121 Å². The third-order valence-corrected chi connectivity index (χ3v) is 11.2. The van der Waals surface area contributed by atoms with Gasteiger partial charge in [-0.15, -0.1) is 0 Å². The molecular formula is C35H52O6. The fraction of sp³-hybridized carbons (Fsp3) is 0.800. The van der Waals surface area contributed by atoms with Gasteiger partial charge in [0.1, 0.15) is 5.75 Å². The van der Waals surface area contributed by atoms with Gasteiger partial charge < -0.3 is 23.7 Å². The fourth-order valence-corrected chi connectivity index (χ4v) is 9.16. The molecule has 0 bridgehead atoms. The van der Waals surface area contributed by atoms with E-state index >= 15 is 0 Å². The van der Waals surface area contributed by atoms with Crippen molar-refractivity contribution in [1.82, 2.24) is 0 Å². The van der Waals surface area contributed by atoms with Gasteiger partial charge in [0.2, 0.25) is 0 Å². The molecule has 0 spiro atoms. The van der Waals surface area contributed by atoms with E-state index in [4.69, 9.17) is 23.7 Å². The van der Waals surface area contributed by atoms with E-state index in [0.717, 1.165) is 63.9 Å². The smallest absolute Gasteiger partial charge is 0.302 e. The van der Waals surface area contributed by atoms with Crippen LogP contribution in [0, 0.1) is 23.2 Å². The Morgan fingerprint density at radius 3 is 2.51 bits per heavy atom. The van der Waals surface area contributed by atoms with Crippen molar-refractivity contribution in [3.63, 3.8) is 0 Å². The number of rotatable bonds is 10. The van der Waals surface area contributed by atoms with E-state index in [1.165, 1.54) is 63.9 Å². The Morgan fingerprint density at radius 2 is 1.76 bits per heavy atom. The quantitative estimate of drug-likeness (QED) is 0.213. The van der Waals surface area contributed by atoms with Gasteiger partial charge in [-0.25, -0.2) is 0 Å². The molecule has 1 aromatic rings. The van der Waals surface area contributed by atoms with Gasteiger partial charge in [0.25, 0.3) is 0 Å². The van der Waals surface area contributed by atoms with Crippen LogP contribution < -0.4 is 4.74 Å². The molecule has 2 saturated heterocycles. The van der Waals surface area contributed by atoms with Gasteiger partial charge in [0.05, 0.1) is 19.3 Å². The summed E-state index contributed by atoms with van der Waals surface area (Å²) in [6.07, 6.45) is 17.5. The maximum Gasteiger partial charge on any atom is 0.302 e. The molecule has 2 aliphatic heterocycles. The van der Waals surface area contributed by atoms with Crippen molar-refractivity contribution < 1.29 is 28.5 Å². The van der Waals surface area contributed by atoms with Crippen molar-refractivity contribution in [2.24, 2.45) is 23.2 Å². The lowest BCUT2D eigenvalue weighted by atomic mass is 9.52. The van der Waals surface area contributed by atoms with Crippen LogP contribution in [0.3, 0.4) is 0 Å². The largest absolute Gasteiger partial charge is 0.466 e. The Hall–Kier alpha value is -1.63. The van der Waals surface area contributed by atoms with Crippen molar-refractivity contribution >= 4 is 5.97 Å². The van der Waals surface area contributed by atoms with Gasteiger partial charge in [-0.1, -0.05) is 25.8 Å². The highest BCUT2D eigenvalue weighted by molar-refractivity contribution is 5.65. The molecule has 1 aromatic carbocycles. The molecule has 0 aromatic heterocycles. The molecule has 41 heavy (non-hydrogen) atoms. The van der Waals surface area contributed by atoms with Crippen LogP contribution in [0.4, 0.5) is 0 Å². The van der Waals surface area contributed by atoms with Crippen molar-refractivity contribution in [3.8, 4) is 5.75 Å². The summed E-state index contributed by atoms with van der Waals surface area (Å²) in [5, 5.41) is 0. The van der Waals surface area contributed by atoms with Gasteiger partial charge in [0, 0.05) is 20.0 Å². The number of carbonyl (C=O) groups is 1. The molecule has 228 valence electrons. The van der Waals surface area contributed by atoms with Crippen LogP contribution in [0.5, 0.6) is 5.75 Å². The van der Waals surface area contributed by atoms with Crippen LogP contribution in [-0.4, -0.2) is 44.5 Å². The highest BCUT2D eigenvalue weighted by Gasteiger charge is 2.57. The van der Waals surface area contributed by atoms with E-state index in [1.807, 2.05) is 0 Å². The first-order valence-corrected chi connectivity index (χ1v) is 16.8. The second kappa shape index (κ2) is 13.3. The molecule has 6 heteroatoms. The zero-order valence-electron chi connectivity index (χ0n) is 25.5. The summed E-state index contributed by atoms with van der Waals surface area (Å²) in [5.74, 6) is 3.47. The maximum atomic E-state index is 11.2. The predicted molar refractivity (Wildman–Crippen MR) is 158 cm³/mol. The lowest BCUT2D eigenvalue weighted by Gasteiger charge is -2.54. The molecule has 2 saturated carbocycles. The number of carbonyl (C=O) groups excluding carboxylic acids is 1. The monoisotopic (exact) mass is 568 g/mol. The highest BCUT2D eigenvalue weighted by atomic mass is 16.7. The summed E-state index contributed by atoms with van der Waals surface area (Å²) < 4.78 is 30.2. The van der Waals surface area contributed by atoms with E-state index in [0.29, 0.717) is 36.4 Å². The second-order valence-corrected chi connectivity index (χ2v) is 13.8. The number of hydrogen-bond acceptors (Lipinski definition) is 6. The average Bonchev–Trinajstić information content (AvgIpc) is 3.31. The maximum absolute atomic E-state index is 11.2. The number of unbranched alkanes of at least 4 members (excludes halogenated alkanes) is 2. The highest BCUT2D eigenvalue weighted by Crippen LogP contribution is 2.63. The minimum Gasteiger partial charge on any atom is -0.466 e. The number of ether oxygens (including phenoxy) is 5. The molecule has 4 fully saturated rings. The molecular weight excluding hydrogens is 516 g/mol. The first-order chi connectivity index (χ1) is 20.0. The van der Waals surface area contributed by atoms with E-state index in [2.05, 4.69) is 25.1 Å². The molecule has 0 amide bonds. The van der Waals surface area contributed by atoms with Gasteiger partial charge in [0.15, 0.2) is 12.6 Å². The lowest BCUT2D eigenvalue weighted by Crippen LogP contribution is -2.48. The first kappa shape index (κ1) is 29.4. The summed E-state index contributed by atoms with van der Waals surface area (Å²) in [7, 11) is 0. The fourth-order valence-electron chi connectivity index (χ4n) is 9.16. The van der Waals surface area contributed by atoms with E-state index in [-0.39, 0.29) is 24.0 Å². The van der Waals surface area contributed by atoms with Gasteiger partial charge in [-0.2, -0.15) is 0 Å². The van der Waals surface area contributed by atoms with Gasteiger partial charge >= 0.3 is 5.97 Å². The number of esters is 1. The molecule has 3 aliphatic carbocycles.